The number of aliphatic hydroxyl groups is 1. The third kappa shape index (κ3) is 5.42. The Morgan fingerprint density at radius 1 is 1.07 bits per heavy atom. The standard InChI is InChI=1S/C26H36N2O2/c1-27-23-14-17-28(19-23)25(18-26(29)15-6-3-7-16-26)22-10-12-24(13-11-22)30-20-21-8-4-2-5-9-21/h2,4-5,8-13,23,25,27,29H,3,6-7,14-20H2,1H3/t23-,25?/m1/s1. The lowest BCUT2D eigenvalue weighted by atomic mass is 9.79. The number of rotatable bonds is 8. The van der Waals surface area contributed by atoms with Gasteiger partial charge in [0.15, 0.2) is 0 Å². The summed E-state index contributed by atoms with van der Waals surface area (Å²) in [4.78, 5) is 2.56. The predicted molar refractivity (Wildman–Crippen MR) is 122 cm³/mol. The zero-order valence-electron chi connectivity index (χ0n) is 18.2. The van der Waals surface area contributed by atoms with Crippen molar-refractivity contribution in [3.8, 4) is 5.75 Å². The number of ether oxygens (including phenoxy) is 1. The normalized spacial score (nSPS) is 22.7. The van der Waals surface area contributed by atoms with Gasteiger partial charge in [-0.1, -0.05) is 61.7 Å². The Bertz CT molecular complexity index is 771. The predicted octanol–water partition coefficient (Wildman–Crippen LogP) is 4.69. The van der Waals surface area contributed by atoms with E-state index in [4.69, 9.17) is 4.74 Å². The van der Waals surface area contributed by atoms with Gasteiger partial charge in [0.25, 0.3) is 0 Å². The molecular weight excluding hydrogens is 372 g/mol. The van der Waals surface area contributed by atoms with E-state index in [1.54, 1.807) is 0 Å². The highest BCUT2D eigenvalue weighted by Crippen LogP contribution is 2.39. The topological polar surface area (TPSA) is 44.7 Å². The fourth-order valence-electron chi connectivity index (χ4n) is 5.06. The third-order valence-electron chi connectivity index (χ3n) is 6.94. The maximum Gasteiger partial charge on any atom is 0.119 e. The lowest BCUT2D eigenvalue weighted by molar-refractivity contribution is -0.0257. The van der Waals surface area contributed by atoms with Crippen LogP contribution in [-0.2, 0) is 6.61 Å². The molecule has 1 heterocycles. The third-order valence-corrected chi connectivity index (χ3v) is 6.94. The lowest BCUT2D eigenvalue weighted by Gasteiger charge is -2.38. The molecule has 2 aliphatic rings. The van der Waals surface area contributed by atoms with Crippen LogP contribution in [0.25, 0.3) is 0 Å². The maximum atomic E-state index is 11.3. The summed E-state index contributed by atoms with van der Waals surface area (Å²) in [6.45, 7) is 2.71. The molecule has 0 bridgehead atoms. The number of hydrogen-bond acceptors (Lipinski definition) is 4. The number of likely N-dealkylation sites (N-methyl/N-ethyl adjacent to an activating group) is 1. The largest absolute Gasteiger partial charge is 0.489 e. The van der Waals surface area contributed by atoms with Crippen molar-refractivity contribution in [3.05, 3.63) is 65.7 Å². The Morgan fingerprint density at radius 2 is 1.80 bits per heavy atom. The minimum absolute atomic E-state index is 0.259. The molecule has 0 radical (unpaired) electrons. The molecule has 1 saturated carbocycles. The summed E-state index contributed by atoms with van der Waals surface area (Å²) in [5, 5.41) is 14.7. The van der Waals surface area contributed by atoms with Crippen molar-refractivity contribution >= 4 is 0 Å². The molecule has 0 aromatic heterocycles. The average Bonchev–Trinajstić information content (AvgIpc) is 3.27. The molecule has 2 fully saturated rings. The Kier molecular flexibility index (Phi) is 7.08. The SMILES string of the molecule is CN[C@@H]1CCN(C(CC2(O)CCCCC2)c2ccc(OCc3ccccc3)cc2)C1. The van der Waals surface area contributed by atoms with E-state index in [9.17, 15) is 5.11 Å². The molecule has 4 nitrogen and oxygen atoms in total. The van der Waals surface area contributed by atoms with Gasteiger partial charge in [0.1, 0.15) is 12.4 Å². The minimum atomic E-state index is -0.525. The summed E-state index contributed by atoms with van der Waals surface area (Å²) in [5.74, 6) is 0.896. The van der Waals surface area contributed by atoms with Crippen molar-refractivity contribution in [2.75, 3.05) is 20.1 Å². The van der Waals surface area contributed by atoms with E-state index < -0.39 is 5.60 Å². The van der Waals surface area contributed by atoms with Gasteiger partial charge in [0.2, 0.25) is 0 Å². The second-order valence-electron chi connectivity index (χ2n) is 9.12. The molecule has 162 valence electrons. The molecule has 2 atom stereocenters. The highest BCUT2D eigenvalue weighted by Gasteiger charge is 2.37. The van der Waals surface area contributed by atoms with Gasteiger partial charge >= 0.3 is 0 Å². The lowest BCUT2D eigenvalue weighted by Crippen LogP contribution is -2.39. The van der Waals surface area contributed by atoms with Crippen LogP contribution in [0.2, 0.25) is 0 Å². The van der Waals surface area contributed by atoms with Crippen molar-refractivity contribution in [2.45, 2.75) is 69.2 Å². The highest BCUT2D eigenvalue weighted by molar-refractivity contribution is 5.30. The summed E-state index contributed by atoms with van der Waals surface area (Å²) in [7, 11) is 2.05. The summed E-state index contributed by atoms with van der Waals surface area (Å²) < 4.78 is 5.98. The highest BCUT2D eigenvalue weighted by atomic mass is 16.5. The van der Waals surface area contributed by atoms with Crippen LogP contribution in [0.1, 0.15) is 62.1 Å². The number of nitrogens with one attached hydrogen (secondary N) is 1. The molecule has 2 aromatic carbocycles. The number of likely N-dealkylation sites (tertiary alicyclic amines) is 1. The van der Waals surface area contributed by atoms with Gasteiger partial charge in [-0.25, -0.2) is 0 Å². The molecule has 1 unspecified atom stereocenters. The zero-order valence-corrected chi connectivity index (χ0v) is 18.2. The summed E-state index contributed by atoms with van der Waals surface area (Å²) in [5.41, 5.74) is 1.94. The van der Waals surface area contributed by atoms with Crippen molar-refractivity contribution in [2.24, 2.45) is 0 Å². The quantitative estimate of drug-likeness (QED) is 0.665. The first-order chi connectivity index (χ1) is 14.6. The van der Waals surface area contributed by atoms with Crippen molar-refractivity contribution in [1.29, 1.82) is 0 Å². The molecule has 1 aliphatic carbocycles. The van der Waals surface area contributed by atoms with Crippen molar-refractivity contribution < 1.29 is 9.84 Å². The number of nitrogens with zero attached hydrogens (tertiary/aromatic N) is 1. The van der Waals surface area contributed by atoms with Crippen LogP contribution in [0.15, 0.2) is 54.6 Å². The van der Waals surface area contributed by atoms with E-state index in [2.05, 4.69) is 53.7 Å². The van der Waals surface area contributed by atoms with Gasteiger partial charge in [-0.3, -0.25) is 4.90 Å². The number of benzene rings is 2. The van der Waals surface area contributed by atoms with E-state index in [-0.39, 0.29) is 6.04 Å². The van der Waals surface area contributed by atoms with Gasteiger partial charge in [-0.2, -0.15) is 0 Å². The number of hydrogen-bond donors (Lipinski definition) is 2. The van der Waals surface area contributed by atoms with E-state index >= 15 is 0 Å². The van der Waals surface area contributed by atoms with E-state index in [1.807, 2.05) is 18.2 Å². The van der Waals surface area contributed by atoms with Gasteiger partial charge in [0, 0.05) is 25.2 Å². The zero-order chi connectivity index (χ0) is 20.8. The maximum absolute atomic E-state index is 11.3. The Morgan fingerprint density at radius 3 is 2.47 bits per heavy atom. The molecule has 0 amide bonds. The summed E-state index contributed by atoms with van der Waals surface area (Å²) in [6, 6.07) is 19.6. The molecule has 30 heavy (non-hydrogen) atoms. The monoisotopic (exact) mass is 408 g/mol. The summed E-state index contributed by atoms with van der Waals surface area (Å²) >= 11 is 0. The smallest absolute Gasteiger partial charge is 0.119 e. The van der Waals surface area contributed by atoms with E-state index in [0.29, 0.717) is 12.6 Å². The van der Waals surface area contributed by atoms with Crippen LogP contribution >= 0.6 is 0 Å². The van der Waals surface area contributed by atoms with Gasteiger partial charge in [0.05, 0.1) is 5.60 Å². The summed E-state index contributed by atoms with van der Waals surface area (Å²) in [6.07, 6.45) is 7.42. The van der Waals surface area contributed by atoms with Crippen LogP contribution in [-0.4, -0.2) is 41.8 Å². The Hall–Kier alpha value is -1.88. The first kappa shape index (κ1) is 21.4. The molecule has 1 saturated heterocycles. The first-order valence-electron chi connectivity index (χ1n) is 11.6. The van der Waals surface area contributed by atoms with Crippen molar-refractivity contribution in [1.82, 2.24) is 10.2 Å². The van der Waals surface area contributed by atoms with Gasteiger partial charge in [-0.05, 0) is 56.0 Å². The molecule has 0 spiro atoms. The molecule has 2 aromatic rings. The van der Waals surface area contributed by atoms with Crippen LogP contribution in [0.3, 0.4) is 0 Å². The van der Waals surface area contributed by atoms with Crippen LogP contribution < -0.4 is 10.1 Å². The second kappa shape index (κ2) is 9.95. The van der Waals surface area contributed by atoms with E-state index in [1.165, 1.54) is 24.0 Å². The molecule has 4 rings (SSSR count). The molecular formula is C26H36N2O2. The second-order valence-corrected chi connectivity index (χ2v) is 9.12. The van der Waals surface area contributed by atoms with Crippen LogP contribution in [0, 0.1) is 0 Å². The minimum Gasteiger partial charge on any atom is -0.489 e. The fourth-order valence-corrected chi connectivity index (χ4v) is 5.06. The van der Waals surface area contributed by atoms with Crippen molar-refractivity contribution in [3.63, 3.8) is 0 Å². The fraction of sp³-hybridized carbons (Fsp3) is 0.538. The van der Waals surface area contributed by atoms with Gasteiger partial charge < -0.3 is 15.2 Å². The Labute approximate surface area is 181 Å². The van der Waals surface area contributed by atoms with E-state index in [0.717, 1.165) is 50.9 Å². The van der Waals surface area contributed by atoms with Crippen LogP contribution in [0.4, 0.5) is 0 Å². The Balaban J connectivity index is 1.46. The average molecular weight is 409 g/mol. The first-order valence-corrected chi connectivity index (χ1v) is 11.6. The molecule has 1 aliphatic heterocycles. The van der Waals surface area contributed by atoms with Gasteiger partial charge in [-0.15, -0.1) is 0 Å². The van der Waals surface area contributed by atoms with Crippen LogP contribution in [0.5, 0.6) is 5.75 Å². The molecule has 4 heteroatoms. The molecule has 2 N–H and O–H groups in total.